The molecule has 1 aromatic heterocycles. The molecule has 0 saturated carbocycles. The number of nitro benzene ring substituents is 1. The first-order valence-corrected chi connectivity index (χ1v) is 10.9. The molecule has 3 N–H and O–H groups in total. The lowest BCUT2D eigenvalue weighted by Crippen LogP contribution is -2.10. The fourth-order valence-electron chi connectivity index (χ4n) is 4.03. The van der Waals surface area contributed by atoms with Crippen LogP contribution in [0.1, 0.15) is 51.7 Å². The number of phenolic OH excluding ortho intramolecular Hbond substituents is 3. The standard InChI is InChI=1S/C24H29NO8/c1-11(2)6-8-13-17-16(10-15(26)23(13)32-5)33-24-18(22(17)29)20(27)14(9-7-12(3)4)21(28)19(24)25(30)31/h10-12,26-28H,6-9H2,1-5H3. The quantitative estimate of drug-likeness (QED) is 0.238. The van der Waals surface area contributed by atoms with E-state index in [4.69, 9.17) is 9.15 Å². The zero-order valence-electron chi connectivity index (χ0n) is 19.4. The lowest BCUT2D eigenvalue weighted by molar-refractivity contribution is -0.384. The van der Waals surface area contributed by atoms with Gasteiger partial charge in [0.25, 0.3) is 0 Å². The van der Waals surface area contributed by atoms with Gasteiger partial charge in [0.15, 0.2) is 11.5 Å². The predicted molar refractivity (Wildman–Crippen MR) is 125 cm³/mol. The highest BCUT2D eigenvalue weighted by Gasteiger charge is 2.32. The summed E-state index contributed by atoms with van der Waals surface area (Å²) in [6.45, 7) is 7.89. The summed E-state index contributed by atoms with van der Waals surface area (Å²) in [4.78, 5) is 24.7. The Morgan fingerprint density at radius 1 is 1.00 bits per heavy atom. The van der Waals surface area contributed by atoms with E-state index in [2.05, 4.69) is 0 Å². The number of nitro groups is 1. The van der Waals surface area contributed by atoms with Crippen molar-refractivity contribution in [2.24, 2.45) is 11.8 Å². The number of ether oxygens (including phenoxy) is 1. The summed E-state index contributed by atoms with van der Waals surface area (Å²) in [7, 11) is 1.37. The number of hydrogen-bond acceptors (Lipinski definition) is 8. The van der Waals surface area contributed by atoms with Gasteiger partial charge in [-0.1, -0.05) is 27.7 Å². The minimum atomic E-state index is -0.839. The smallest absolute Gasteiger partial charge is 0.354 e. The molecule has 0 aliphatic carbocycles. The summed E-state index contributed by atoms with van der Waals surface area (Å²) >= 11 is 0. The predicted octanol–water partition coefficient (Wildman–Crippen LogP) is 5.16. The third kappa shape index (κ3) is 4.27. The van der Waals surface area contributed by atoms with Crippen LogP contribution in [0.5, 0.6) is 23.0 Å². The molecule has 2 aromatic carbocycles. The molecule has 0 amide bonds. The van der Waals surface area contributed by atoms with E-state index in [0.717, 1.165) is 6.07 Å². The van der Waals surface area contributed by atoms with Crippen LogP contribution in [0.2, 0.25) is 0 Å². The second kappa shape index (κ2) is 9.17. The van der Waals surface area contributed by atoms with E-state index in [1.54, 1.807) is 0 Å². The fourth-order valence-corrected chi connectivity index (χ4v) is 4.03. The summed E-state index contributed by atoms with van der Waals surface area (Å²) in [6.07, 6.45) is 1.73. The van der Waals surface area contributed by atoms with E-state index in [1.807, 2.05) is 27.7 Å². The van der Waals surface area contributed by atoms with Gasteiger partial charge in [-0.2, -0.15) is 0 Å². The first-order chi connectivity index (χ1) is 15.5. The molecule has 0 aliphatic heterocycles. The SMILES string of the molecule is COc1c(O)cc2oc3c([N+](=O)[O-])c(O)c(CCC(C)C)c(O)c3c(=O)c2c1CCC(C)C. The van der Waals surface area contributed by atoms with Crippen molar-refractivity contribution in [2.45, 2.75) is 53.4 Å². The first kappa shape index (κ1) is 24.2. The number of benzene rings is 2. The molecular weight excluding hydrogens is 430 g/mol. The lowest BCUT2D eigenvalue weighted by atomic mass is 9.95. The minimum absolute atomic E-state index is 0.0657. The number of fused-ring (bicyclic) bond motifs is 2. The van der Waals surface area contributed by atoms with Gasteiger partial charge in [0.1, 0.15) is 16.7 Å². The molecule has 0 fully saturated rings. The molecule has 3 aromatic rings. The van der Waals surface area contributed by atoms with E-state index >= 15 is 0 Å². The zero-order valence-corrected chi connectivity index (χ0v) is 19.4. The van der Waals surface area contributed by atoms with Gasteiger partial charge < -0.3 is 24.5 Å². The second-order valence-corrected chi connectivity index (χ2v) is 9.06. The summed E-state index contributed by atoms with van der Waals surface area (Å²) in [5.41, 5.74) is -1.78. The van der Waals surface area contributed by atoms with E-state index in [1.165, 1.54) is 7.11 Å². The Kier molecular flexibility index (Phi) is 6.71. The molecule has 1 heterocycles. The highest BCUT2D eigenvalue weighted by molar-refractivity contribution is 6.02. The third-order valence-electron chi connectivity index (χ3n) is 5.79. The van der Waals surface area contributed by atoms with Crippen LogP contribution in [0.3, 0.4) is 0 Å². The van der Waals surface area contributed by atoms with Gasteiger partial charge in [0.05, 0.1) is 17.4 Å². The van der Waals surface area contributed by atoms with E-state index in [-0.39, 0.29) is 51.7 Å². The van der Waals surface area contributed by atoms with Gasteiger partial charge >= 0.3 is 5.69 Å². The van der Waals surface area contributed by atoms with Gasteiger partial charge in [-0.3, -0.25) is 14.9 Å². The number of phenols is 3. The van der Waals surface area contributed by atoms with E-state index in [9.17, 15) is 30.2 Å². The fraction of sp³-hybridized carbons (Fsp3) is 0.458. The monoisotopic (exact) mass is 459 g/mol. The van der Waals surface area contributed by atoms with Crippen LogP contribution >= 0.6 is 0 Å². The first-order valence-electron chi connectivity index (χ1n) is 10.9. The van der Waals surface area contributed by atoms with Gasteiger partial charge in [-0.25, -0.2) is 0 Å². The highest BCUT2D eigenvalue weighted by Crippen LogP contribution is 2.46. The molecule has 33 heavy (non-hydrogen) atoms. The van der Waals surface area contributed by atoms with Crippen molar-refractivity contribution in [1.82, 2.24) is 0 Å². The molecule has 0 radical (unpaired) electrons. The van der Waals surface area contributed by atoms with Gasteiger partial charge in [0, 0.05) is 17.2 Å². The summed E-state index contributed by atoms with van der Waals surface area (Å²) < 4.78 is 11.1. The zero-order chi connectivity index (χ0) is 24.6. The van der Waals surface area contributed by atoms with Crippen molar-refractivity contribution in [3.05, 3.63) is 37.5 Å². The number of hydrogen-bond donors (Lipinski definition) is 3. The van der Waals surface area contributed by atoms with Crippen LogP contribution in [0.25, 0.3) is 21.9 Å². The molecule has 0 aliphatic rings. The Balaban J connectivity index is 2.51. The van der Waals surface area contributed by atoms with E-state index in [0.29, 0.717) is 24.8 Å². The molecular formula is C24H29NO8. The normalized spacial score (nSPS) is 11.7. The summed E-state index contributed by atoms with van der Waals surface area (Å²) in [6, 6.07) is 1.15. The number of aryl methyl sites for hydroxylation is 1. The lowest BCUT2D eigenvalue weighted by Gasteiger charge is -2.16. The molecule has 0 saturated heterocycles. The average Bonchev–Trinajstić information content (AvgIpc) is 2.70. The highest BCUT2D eigenvalue weighted by atomic mass is 16.6. The number of nitrogens with zero attached hydrogens (tertiary/aromatic N) is 1. The Morgan fingerprint density at radius 3 is 2.09 bits per heavy atom. The van der Waals surface area contributed by atoms with Gasteiger partial charge in [0.2, 0.25) is 16.8 Å². The number of rotatable bonds is 8. The Hall–Kier alpha value is -3.49. The molecule has 0 bridgehead atoms. The Labute approximate surface area is 190 Å². The molecule has 9 heteroatoms. The largest absolute Gasteiger partial charge is 0.507 e. The minimum Gasteiger partial charge on any atom is -0.507 e. The maximum Gasteiger partial charge on any atom is 0.354 e. The molecule has 3 rings (SSSR count). The van der Waals surface area contributed by atoms with Gasteiger partial charge in [-0.05, 0) is 37.5 Å². The van der Waals surface area contributed by atoms with Crippen LogP contribution in [0.4, 0.5) is 5.69 Å². The molecule has 0 spiro atoms. The van der Waals surface area contributed by atoms with Crippen molar-refractivity contribution in [3.8, 4) is 23.0 Å². The van der Waals surface area contributed by atoms with Crippen molar-refractivity contribution in [2.75, 3.05) is 7.11 Å². The summed E-state index contributed by atoms with van der Waals surface area (Å²) in [5, 5.41) is 43.6. The number of methoxy groups -OCH3 is 1. The van der Waals surface area contributed by atoms with Crippen molar-refractivity contribution >= 4 is 27.6 Å². The maximum absolute atomic E-state index is 13.7. The van der Waals surface area contributed by atoms with E-state index < -0.39 is 33.1 Å². The Morgan fingerprint density at radius 2 is 1.58 bits per heavy atom. The second-order valence-electron chi connectivity index (χ2n) is 9.06. The third-order valence-corrected chi connectivity index (χ3v) is 5.79. The van der Waals surface area contributed by atoms with Crippen LogP contribution in [-0.4, -0.2) is 27.4 Å². The van der Waals surface area contributed by atoms with Gasteiger partial charge in [-0.15, -0.1) is 0 Å². The molecule has 0 atom stereocenters. The van der Waals surface area contributed by atoms with Crippen LogP contribution in [0.15, 0.2) is 15.3 Å². The van der Waals surface area contributed by atoms with Crippen LogP contribution in [-0.2, 0) is 12.8 Å². The Bertz CT molecular complexity index is 1290. The molecule has 178 valence electrons. The van der Waals surface area contributed by atoms with Crippen molar-refractivity contribution in [1.29, 1.82) is 0 Å². The van der Waals surface area contributed by atoms with Crippen LogP contribution in [0, 0.1) is 22.0 Å². The average molecular weight is 459 g/mol. The van der Waals surface area contributed by atoms with Crippen LogP contribution < -0.4 is 10.2 Å². The topological polar surface area (TPSA) is 143 Å². The molecule has 9 nitrogen and oxygen atoms in total. The van der Waals surface area contributed by atoms with Crippen molar-refractivity contribution in [3.63, 3.8) is 0 Å². The summed E-state index contributed by atoms with van der Waals surface area (Å²) in [5.74, 6) is -0.953. The number of aromatic hydroxyl groups is 3. The van der Waals surface area contributed by atoms with Crippen molar-refractivity contribution < 1.29 is 29.4 Å². The maximum atomic E-state index is 13.7. The molecule has 0 unspecified atom stereocenters.